The fourth-order valence-corrected chi connectivity index (χ4v) is 2.72. The highest BCUT2D eigenvalue weighted by molar-refractivity contribution is 7.11. The Morgan fingerprint density at radius 1 is 1.25 bits per heavy atom. The van der Waals surface area contributed by atoms with E-state index in [2.05, 4.69) is 4.98 Å². The second-order valence-corrected chi connectivity index (χ2v) is 6.00. The molecule has 8 heteroatoms. The third-order valence-electron chi connectivity index (χ3n) is 2.57. The van der Waals surface area contributed by atoms with Gasteiger partial charge in [0.05, 0.1) is 10.0 Å². The van der Waals surface area contributed by atoms with Crippen molar-refractivity contribution in [1.29, 1.82) is 0 Å². The van der Waals surface area contributed by atoms with Crippen LogP contribution in [0, 0.1) is 0 Å². The number of hydrogen-bond acceptors (Lipinski definition) is 3. The number of nitrogens with zero attached hydrogens (tertiary/aromatic N) is 1. The minimum atomic E-state index is -4.44. The molecule has 1 aromatic carbocycles. The lowest BCUT2D eigenvalue weighted by Gasteiger charge is -2.10. The summed E-state index contributed by atoms with van der Waals surface area (Å²) in [5.74, 6) is 0. The molecule has 2 aromatic rings. The van der Waals surface area contributed by atoms with Crippen LogP contribution in [0.4, 0.5) is 13.2 Å². The molecule has 0 bridgehead atoms. The number of thiazole rings is 1. The van der Waals surface area contributed by atoms with E-state index in [9.17, 15) is 13.2 Å². The summed E-state index contributed by atoms with van der Waals surface area (Å²) in [5.41, 5.74) is 6.70. The molecule has 0 spiro atoms. The maximum absolute atomic E-state index is 12.5. The molecule has 1 atom stereocenters. The van der Waals surface area contributed by atoms with E-state index in [0.717, 1.165) is 11.8 Å². The molecule has 1 heterocycles. The fourth-order valence-electron chi connectivity index (χ4n) is 1.61. The molecule has 2 N–H and O–H groups in total. The van der Waals surface area contributed by atoms with E-state index in [1.807, 2.05) is 0 Å². The van der Waals surface area contributed by atoms with Crippen LogP contribution < -0.4 is 5.73 Å². The summed E-state index contributed by atoms with van der Waals surface area (Å²) < 4.78 is 37.4. The van der Waals surface area contributed by atoms with Gasteiger partial charge >= 0.3 is 6.18 Å². The van der Waals surface area contributed by atoms with Crippen molar-refractivity contribution in [3.05, 3.63) is 49.9 Å². The minimum absolute atomic E-state index is 0.358. The van der Waals surface area contributed by atoms with E-state index in [0.29, 0.717) is 32.7 Å². The van der Waals surface area contributed by atoms with Gasteiger partial charge < -0.3 is 5.73 Å². The molecule has 0 saturated carbocycles. The summed E-state index contributed by atoms with van der Waals surface area (Å²) in [5, 5.41) is -0.0881. The maximum atomic E-state index is 12.5. The van der Waals surface area contributed by atoms with Gasteiger partial charge in [0.15, 0.2) is 5.01 Å². The van der Waals surface area contributed by atoms with Crippen molar-refractivity contribution < 1.29 is 13.2 Å². The zero-order valence-electron chi connectivity index (χ0n) is 9.92. The van der Waals surface area contributed by atoms with Crippen LogP contribution >= 0.6 is 34.5 Å². The topological polar surface area (TPSA) is 38.9 Å². The molecular weight excluding hydrogens is 332 g/mol. The van der Waals surface area contributed by atoms with Crippen molar-refractivity contribution in [2.24, 2.45) is 5.73 Å². The summed E-state index contributed by atoms with van der Waals surface area (Å²) in [6.07, 6.45) is -2.92. The third-order valence-corrected chi connectivity index (χ3v) is 4.48. The number of benzene rings is 1. The van der Waals surface area contributed by atoms with Crippen molar-refractivity contribution in [3.63, 3.8) is 0 Å². The van der Waals surface area contributed by atoms with Crippen LogP contribution in [0.15, 0.2) is 24.4 Å². The molecule has 108 valence electrons. The van der Waals surface area contributed by atoms with E-state index >= 15 is 0 Å². The predicted octanol–water partition coefficient (Wildman–Crippen LogP) is 4.71. The van der Waals surface area contributed by atoms with Gasteiger partial charge in [0, 0.05) is 17.1 Å². The van der Waals surface area contributed by atoms with Gasteiger partial charge in [0.1, 0.15) is 0 Å². The molecule has 20 heavy (non-hydrogen) atoms. The average molecular weight is 341 g/mol. The van der Waals surface area contributed by atoms with Gasteiger partial charge in [-0.15, -0.1) is 11.3 Å². The van der Waals surface area contributed by atoms with Gasteiger partial charge in [-0.25, -0.2) is 4.98 Å². The van der Waals surface area contributed by atoms with Crippen LogP contribution in [0.2, 0.25) is 10.0 Å². The first-order chi connectivity index (χ1) is 9.27. The normalized spacial score (nSPS) is 13.5. The summed E-state index contributed by atoms with van der Waals surface area (Å²) in [6.45, 7) is 0. The Bertz CT molecular complexity index is 613. The quantitative estimate of drug-likeness (QED) is 0.878. The van der Waals surface area contributed by atoms with Crippen LogP contribution in [0.1, 0.15) is 21.5 Å². The molecule has 2 nitrogen and oxygen atoms in total. The van der Waals surface area contributed by atoms with E-state index in [1.54, 1.807) is 18.2 Å². The van der Waals surface area contributed by atoms with Crippen molar-refractivity contribution in [2.45, 2.75) is 18.6 Å². The number of rotatable bonds is 3. The highest BCUT2D eigenvalue weighted by Gasteiger charge is 2.35. The summed E-state index contributed by atoms with van der Waals surface area (Å²) in [4.78, 5) is 3.73. The number of halogens is 5. The van der Waals surface area contributed by atoms with Crippen molar-refractivity contribution in [3.8, 4) is 0 Å². The number of aromatic nitrogens is 1. The standard InChI is InChI=1S/C12H9Cl2F3N2S/c13-7-2-1-6(3-8(7)14)4-9(18)10-5-19-11(20-10)12(15,16)17/h1-3,5,9H,4,18H2. The van der Waals surface area contributed by atoms with Gasteiger partial charge in [-0.05, 0) is 24.1 Å². The van der Waals surface area contributed by atoms with Gasteiger partial charge in [-0.2, -0.15) is 13.2 Å². The van der Waals surface area contributed by atoms with Gasteiger partial charge in [0.2, 0.25) is 0 Å². The predicted molar refractivity (Wildman–Crippen MR) is 74.2 cm³/mol. The summed E-state index contributed by atoms with van der Waals surface area (Å²) >= 11 is 12.2. The molecule has 0 saturated heterocycles. The Labute approximate surface area is 127 Å². The van der Waals surface area contributed by atoms with E-state index < -0.39 is 17.2 Å². The first-order valence-corrected chi connectivity index (χ1v) is 7.07. The molecule has 0 aliphatic heterocycles. The second kappa shape index (κ2) is 5.89. The minimum Gasteiger partial charge on any atom is -0.323 e. The second-order valence-electron chi connectivity index (χ2n) is 4.12. The lowest BCUT2D eigenvalue weighted by atomic mass is 10.1. The molecule has 0 radical (unpaired) electrons. The number of hydrogen-bond donors (Lipinski definition) is 1. The molecule has 0 fully saturated rings. The van der Waals surface area contributed by atoms with Crippen LogP contribution in [0.3, 0.4) is 0 Å². The van der Waals surface area contributed by atoms with Crippen LogP contribution in [-0.4, -0.2) is 4.98 Å². The monoisotopic (exact) mass is 340 g/mol. The molecule has 1 aromatic heterocycles. The largest absolute Gasteiger partial charge is 0.443 e. The first-order valence-electron chi connectivity index (χ1n) is 5.50. The number of alkyl halides is 3. The Morgan fingerprint density at radius 2 is 1.95 bits per heavy atom. The van der Waals surface area contributed by atoms with Gasteiger partial charge in [-0.1, -0.05) is 29.3 Å². The SMILES string of the molecule is NC(Cc1ccc(Cl)c(Cl)c1)c1cnc(C(F)(F)F)s1. The Kier molecular flexibility index (Phi) is 4.59. The fraction of sp³-hybridized carbons (Fsp3) is 0.250. The highest BCUT2D eigenvalue weighted by Crippen LogP contribution is 2.34. The maximum Gasteiger partial charge on any atom is 0.443 e. The van der Waals surface area contributed by atoms with Crippen LogP contribution in [-0.2, 0) is 12.6 Å². The molecule has 0 amide bonds. The lowest BCUT2D eigenvalue weighted by molar-refractivity contribution is -0.137. The van der Waals surface area contributed by atoms with E-state index in [4.69, 9.17) is 28.9 Å². The lowest BCUT2D eigenvalue weighted by Crippen LogP contribution is -2.11. The Balaban J connectivity index is 2.13. The van der Waals surface area contributed by atoms with Crippen molar-refractivity contribution >= 4 is 34.5 Å². The Hall–Kier alpha value is -0.820. The summed E-state index contributed by atoms with van der Waals surface area (Å²) in [6, 6.07) is 4.44. The van der Waals surface area contributed by atoms with Gasteiger partial charge in [0.25, 0.3) is 0 Å². The van der Waals surface area contributed by atoms with Gasteiger partial charge in [-0.3, -0.25) is 0 Å². The first kappa shape index (κ1) is 15.6. The molecule has 1 unspecified atom stereocenters. The molecule has 2 rings (SSSR count). The number of nitrogens with two attached hydrogens (primary N) is 1. The van der Waals surface area contributed by atoms with Crippen LogP contribution in [0.25, 0.3) is 0 Å². The molecule has 0 aliphatic carbocycles. The van der Waals surface area contributed by atoms with E-state index in [1.165, 1.54) is 0 Å². The zero-order chi connectivity index (χ0) is 14.9. The molecule has 0 aliphatic rings. The molecular formula is C12H9Cl2F3N2S. The van der Waals surface area contributed by atoms with Crippen molar-refractivity contribution in [2.75, 3.05) is 0 Å². The highest BCUT2D eigenvalue weighted by atomic mass is 35.5. The van der Waals surface area contributed by atoms with E-state index in [-0.39, 0.29) is 0 Å². The van der Waals surface area contributed by atoms with Crippen LogP contribution in [0.5, 0.6) is 0 Å². The Morgan fingerprint density at radius 3 is 2.50 bits per heavy atom. The smallest absolute Gasteiger partial charge is 0.323 e. The summed E-state index contributed by atoms with van der Waals surface area (Å²) in [7, 11) is 0. The average Bonchev–Trinajstić information content (AvgIpc) is 2.83. The van der Waals surface area contributed by atoms with Crippen molar-refractivity contribution in [1.82, 2.24) is 4.98 Å². The zero-order valence-corrected chi connectivity index (χ0v) is 12.2. The third kappa shape index (κ3) is 3.63.